The lowest BCUT2D eigenvalue weighted by atomic mass is 9.96. The van der Waals surface area contributed by atoms with E-state index in [4.69, 9.17) is 4.74 Å². The van der Waals surface area contributed by atoms with Gasteiger partial charge in [0.25, 0.3) is 0 Å². The minimum atomic E-state index is 0.498. The summed E-state index contributed by atoms with van der Waals surface area (Å²) >= 11 is 0. The topological polar surface area (TPSA) is 24.5 Å². The number of nitrogens with one attached hydrogen (secondary N) is 1. The molecule has 2 fully saturated rings. The summed E-state index contributed by atoms with van der Waals surface area (Å²) in [4.78, 5) is 2.75. The van der Waals surface area contributed by atoms with Gasteiger partial charge in [-0.05, 0) is 32.1 Å². The highest BCUT2D eigenvalue weighted by Crippen LogP contribution is 2.30. The number of ether oxygens (including phenoxy) is 1. The summed E-state index contributed by atoms with van der Waals surface area (Å²) in [5.74, 6) is 0.733. The van der Waals surface area contributed by atoms with Gasteiger partial charge in [0, 0.05) is 38.3 Å². The second kappa shape index (κ2) is 5.68. The molecule has 2 aliphatic rings. The van der Waals surface area contributed by atoms with Crippen molar-refractivity contribution in [1.29, 1.82) is 0 Å². The predicted octanol–water partition coefficient (Wildman–Crippen LogP) is 1.87. The highest BCUT2D eigenvalue weighted by Gasteiger charge is 2.36. The molecule has 100 valence electrons. The van der Waals surface area contributed by atoms with Gasteiger partial charge in [0.2, 0.25) is 0 Å². The standard InChI is InChI=1S/C14H28N2O/c1-10(2)14-8-15-11(3)9-16(14)12-5-6-13(7-12)17-4/h10-15H,5-9H2,1-4H3. The number of hydrogen-bond donors (Lipinski definition) is 1. The van der Waals surface area contributed by atoms with Crippen LogP contribution in [0.2, 0.25) is 0 Å². The van der Waals surface area contributed by atoms with Crippen molar-refractivity contribution in [2.75, 3.05) is 20.2 Å². The van der Waals surface area contributed by atoms with Gasteiger partial charge in [-0.25, -0.2) is 0 Å². The molecular weight excluding hydrogens is 212 g/mol. The fourth-order valence-corrected chi connectivity index (χ4v) is 3.43. The van der Waals surface area contributed by atoms with Crippen molar-refractivity contribution in [3.8, 4) is 0 Å². The highest BCUT2D eigenvalue weighted by molar-refractivity contribution is 4.93. The number of methoxy groups -OCH3 is 1. The van der Waals surface area contributed by atoms with Gasteiger partial charge >= 0.3 is 0 Å². The Morgan fingerprint density at radius 1 is 1.29 bits per heavy atom. The summed E-state index contributed by atoms with van der Waals surface area (Å²) in [5, 5.41) is 3.62. The van der Waals surface area contributed by atoms with Crippen LogP contribution in [0.1, 0.15) is 40.0 Å². The predicted molar refractivity (Wildman–Crippen MR) is 71.2 cm³/mol. The highest BCUT2D eigenvalue weighted by atomic mass is 16.5. The van der Waals surface area contributed by atoms with Gasteiger partial charge in [-0.3, -0.25) is 4.90 Å². The Kier molecular flexibility index (Phi) is 4.45. The molecule has 3 nitrogen and oxygen atoms in total. The molecule has 1 saturated heterocycles. The second-order valence-electron chi connectivity index (χ2n) is 6.14. The lowest BCUT2D eigenvalue weighted by Gasteiger charge is -2.45. The molecule has 0 bridgehead atoms. The first kappa shape index (κ1) is 13.3. The van der Waals surface area contributed by atoms with Crippen LogP contribution in [0.3, 0.4) is 0 Å². The Morgan fingerprint density at radius 3 is 2.65 bits per heavy atom. The molecule has 1 aliphatic heterocycles. The molecule has 2 rings (SSSR count). The van der Waals surface area contributed by atoms with Crippen LogP contribution in [0.15, 0.2) is 0 Å². The molecule has 0 aromatic carbocycles. The lowest BCUT2D eigenvalue weighted by Crippen LogP contribution is -2.60. The molecule has 17 heavy (non-hydrogen) atoms. The Hall–Kier alpha value is -0.120. The molecule has 0 aromatic rings. The average Bonchev–Trinajstić information content (AvgIpc) is 2.76. The quantitative estimate of drug-likeness (QED) is 0.815. The monoisotopic (exact) mass is 240 g/mol. The smallest absolute Gasteiger partial charge is 0.0586 e. The molecule has 3 heteroatoms. The van der Waals surface area contributed by atoms with E-state index in [1.807, 2.05) is 7.11 Å². The van der Waals surface area contributed by atoms with Gasteiger partial charge in [0.05, 0.1) is 6.10 Å². The van der Waals surface area contributed by atoms with Crippen molar-refractivity contribution in [2.45, 2.75) is 64.3 Å². The number of piperazine rings is 1. The van der Waals surface area contributed by atoms with E-state index < -0.39 is 0 Å². The summed E-state index contributed by atoms with van der Waals surface area (Å²) in [7, 11) is 1.85. The van der Waals surface area contributed by atoms with Gasteiger partial charge in [-0.1, -0.05) is 13.8 Å². The van der Waals surface area contributed by atoms with Gasteiger partial charge < -0.3 is 10.1 Å². The van der Waals surface area contributed by atoms with E-state index >= 15 is 0 Å². The third-order valence-electron chi connectivity index (χ3n) is 4.51. The Morgan fingerprint density at radius 2 is 2.06 bits per heavy atom. The number of nitrogens with zero attached hydrogens (tertiary/aromatic N) is 1. The Bertz CT molecular complexity index is 244. The fourth-order valence-electron chi connectivity index (χ4n) is 3.43. The molecule has 0 radical (unpaired) electrons. The van der Waals surface area contributed by atoms with E-state index in [0.29, 0.717) is 18.2 Å². The maximum absolute atomic E-state index is 5.51. The van der Waals surface area contributed by atoms with Gasteiger partial charge in [-0.2, -0.15) is 0 Å². The SMILES string of the molecule is COC1CCC(N2CC(C)NCC2C(C)C)C1. The maximum Gasteiger partial charge on any atom is 0.0586 e. The zero-order valence-corrected chi connectivity index (χ0v) is 11.8. The van der Waals surface area contributed by atoms with E-state index in [1.165, 1.54) is 25.8 Å². The lowest BCUT2D eigenvalue weighted by molar-refractivity contribution is 0.0472. The van der Waals surface area contributed by atoms with E-state index in [9.17, 15) is 0 Å². The van der Waals surface area contributed by atoms with Crippen molar-refractivity contribution >= 4 is 0 Å². The number of rotatable bonds is 3. The van der Waals surface area contributed by atoms with Crippen molar-refractivity contribution in [1.82, 2.24) is 10.2 Å². The van der Waals surface area contributed by atoms with Crippen LogP contribution < -0.4 is 5.32 Å². The molecule has 4 atom stereocenters. The van der Waals surface area contributed by atoms with Crippen molar-refractivity contribution in [3.63, 3.8) is 0 Å². The fraction of sp³-hybridized carbons (Fsp3) is 1.00. The normalized spacial score (nSPS) is 40.1. The zero-order valence-electron chi connectivity index (χ0n) is 11.8. The molecule has 1 aliphatic carbocycles. The van der Waals surface area contributed by atoms with Crippen LogP contribution in [0, 0.1) is 5.92 Å². The average molecular weight is 240 g/mol. The Labute approximate surface area is 106 Å². The van der Waals surface area contributed by atoms with Crippen molar-refractivity contribution in [3.05, 3.63) is 0 Å². The molecule has 0 aromatic heterocycles. The summed E-state index contributed by atoms with van der Waals surface area (Å²) in [6, 6.07) is 2.08. The first-order valence-corrected chi connectivity index (χ1v) is 7.13. The third-order valence-corrected chi connectivity index (χ3v) is 4.51. The molecule has 1 N–H and O–H groups in total. The summed E-state index contributed by atoms with van der Waals surface area (Å²) in [6.45, 7) is 9.33. The largest absolute Gasteiger partial charge is 0.381 e. The van der Waals surface area contributed by atoms with Gasteiger partial charge in [0.15, 0.2) is 0 Å². The van der Waals surface area contributed by atoms with Crippen molar-refractivity contribution < 1.29 is 4.74 Å². The molecular formula is C14H28N2O. The number of hydrogen-bond acceptors (Lipinski definition) is 3. The van der Waals surface area contributed by atoms with Crippen molar-refractivity contribution in [2.24, 2.45) is 5.92 Å². The van der Waals surface area contributed by atoms with Crippen LogP contribution >= 0.6 is 0 Å². The third kappa shape index (κ3) is 3.01. The molecule has 0 amide bonds. The first-order valence-electron chi connectivity index (χ1n) is 7.13. The summed E-state index contributed by atoms with van der Waals surface area (Å²) < 4.78 is 5.51. The first-order chi connectivity index (χ1) is 8.11. The van der Waals surface area contributed by atoms with Crippen LogP contribution in [0.25, 0.3) is 0 Å². The summed E-state index contributed by atoms with van der Waals surface area (Å²) in [5.41, 5.74) is 0. The van der Waals surface area contributed by atoms with E-state index in [0.717, 1.165) is 18.5 Å². The molecule has 1 heterocycles. The van der Waals surface area contributed by atoms with Gasteiger partial charge in [-0.15, -0.1) is 0 Å². The zero-order chi connectivity index (χ0) is 12.4. The van der Waals surface area contributed by atoms with Crippen LogP contribution in [0.4, 0.5) is 0 Å². The molecule has 1 saturated carbocycles. The molecule has 4 unspecified atom stereocenters. The summed E-state index contributed by atoms with van der Waals surface area (Å²) in [6.07, 6.45) is 4.28. The van der Waals surface area contributed by atoms with E-state index in [1.54, 1.807) is 0 Å². The van der Waals surface area contributed by atoms with E-state index in [2.05, 4.69) is 31.0 Å². The van der Waals surface area contributed by atoms with Crippen LogP contribution in [0.5, 0.6) is 0 Å². The minimum absolute atomic E-state index is 0.498. The Balaban J connectivity index is 2.00. The van der Waals surface area contributed by atoms with Gasteiger partial charge in [0.1, 0.15) is 0 Å². The second-order valence-corrected chi connectivity index (χ2v) is 6.14. The van der Waals surface area contributed by atoms with E-state index in [-0.39, 0.29) is 0 Å². The maximum atomic E-state index is 5.51. The molecule has 0 spiro atoms. The van der Waals surface area contributed by atoms with Crippen LogP contribution in [-0.4, -0.2) is 49.3 Å². The van der Waals surface area contributed by atoms with Crippen LogP contribution in [-0.2, 0) is 4.74 Å². The minimum Gasteiger partial charge on any atom is -0.381 e.